The van der Waals surface area contributed by atoms with E-state index in [1.807, 2.05) is 19.9 Å². The summed E-state index contributed by atoms with van der Waals surface area (Å²) in [6, 6.07) is 0.909. The number of ketones is 1. The van der Waals surface area contributed by atoms with Crippen LogP contribution in [0.1, 0.15) is 46.8 Å². The third-order valence-electron chi connectivity index (χ3n) is 3.17. The zero-order valence-electron chi connectivity index (χ0n) is 12.7. The zero-order valence-corrected chi connectivity index (χ0v) is 13.5. The molecule has 1 rings (SSSR count). The number of aryl methyl sites for hydroxylation is 2. The van der Waals surface area contributed by atoms with Crippen LogP contribution in [0.2, 0.25) is 0 Å². The number of thiophene rings is 1. The maximum absolute atomic E-state index is 12.0. The second-order valence-corrected chi connectivity index (χ2v) is 6.84. The van der Waals surface area contributed by atoms with Gasteiger partial charge in [0.2, 0.25) is 5.91 Å². The number of carbonyl (C=O) groups excluding carboxylic acids is 2. The smallest absolute Gasteiger partial charge is 0.326 e. The standard InChI is InChI=1S/C15H21NO4S/c1-8(2)14(15(19)20)16-13(18)6-5-12(17)11-7-9(3)21-10(11)4/h7-8,14H,5-6H2,1-4H3,(H,16,18)(H,19,20)/t14-/m1/s1. The molecule has 0 fully saturated rings. The molecule has 2 N–H and O–H groups in total. The molecule has 116 valence electrons. The first-order chi connectivity index (χ1) is 9.72. The highest BCUT2D eigenvalue weighted by molar-refractivity contribution is 7.12. The number of carbonyl (C=O) groups is 3. The minimum absolute atomic E-state index is 0.00364. The van der Waals surface area contributed by atoms with Gasteiger partial charge in [0.05, 0.1) is 0 Å². The number of carboxylic acid groups (broad SMARTS) is 1. The molecule has 1 aromatic heterocycles. The molecule has 0 saturated carbocycles. The Hall–Kier alpha value is -1.69. The molecule has 1 heterocycles. The highest BCUT2D eigenvalue weighted by Gasteiger charge is 2.23. The number of amides is 1. The van der Waals surface area contributed by atoms with Gasteiger partial charge in [-0.05, 0) is 25.8 Å². The van der Waals surface area contributed by atoms with Crippen molar-refractivity contribution in [2.45, 2.75) is 46.6 Å². The van der Waals surface area contributed by atoms with E-state index < -0.39 is 17.9 Å². The molecule has 0 aromatic carbocycles. The summed E-state index contributed by atoms with van der Waals surface area (Å²) in [5, 5.41) is 11.5. The van der Waals surface area contributed by atoms with E-state index in [0.29, 0.717) is 5.56 Å². The van der Waals surface area contributed by atoms with Crippen LogP contribution in [-0.2, 0) is 9.59 Å². The van der Waals surface area contributed by atoms with Gasteiger partial charge >= 0.3 is 5.97 Å². The Morgan fingerprint density at radius 2 is 1.86 bits per heavy atom. The lowest BCUT2D eigenvalue weighted by atomic mass is 10.0. The van der Waals surface area contributed by atoms with Crippen LogP contribution in [0.3, 0.4) is 0 Å². The largest absolute Gasteiger partial charge is 0.480 e. The van der Waals surface area contributed by atoms with Gasteiger partial charge in [-0.3, -0.25) is 9.59 Å². The molecule has 0 aliphatic rings. The van der Waals surface area contributed by atoms with E-state index in [-0.39, 0.29) is 24.5 Å². The molecule has 1 atom stereocenters. The first kappa shape index (κ1) is 17.4. The number of nitrogens with one attached hydrogen (secondary N) is 1. The van der Waals surface area contributed by atoms with Gasteiger partial charge in [-0.1, -0.05) is 13.8 Å². The van der Waals surface area contributed by atoms with Crippen LogP contribution in [0.5, 0.6) is 0 Å². The Morgan fingerprint density at radius 3 is 2.29 bits per heavy atom. The van der Waals surface area contributed by atoms with Crippen molar-refractivity contribution >= 4 is 29.0 Å². The Balaban J connectivity index is 2.55. The minimum Gasteiger partial charge on any atom is -0.480 e. The molecule has 1 amide bonds. The van der Waals surface area contributed by atoms with Gasteiger partial charge in [0.1, 0.15) is 6.04 Å². The van der Waals surface area contributed by atoms with E-state index in [2.05, 4.69) is 5.32 Å². The second-order valence-electron chi connectivity index (χ2n) is 5.38. The van der Waals surface area contributed by atoms with E-state index in [1.54, 1.807) is 25.2 Å². The van der Waals surface area contributed by atoms with Crippen molar-refractivity contribution in [3.05, 3.63) is 21.4 Å². The molecule has 0 unspecified atom stereocenters. The van der Waals surface area contributed by atoms with Crippen molar-refractivity contribution in [2.24, 2.45) is 5.92 Å². The Bertz CT molecular complexity index is 548. The third kappa shape index (κ3) is 4.97. The lowest BCUT2D eigenvalue weighted by Gasteiger charge is -2.17. The molecule has 0 bridgehead atoms. The molecule has 21 heavy (non-hydrogen) atoms. The number of hydrogen-bond acceptors (Lipinski definition) is 4. The molecule has 0 aliphatic heterocycles. The van der Waals surface area contributed by atoms with Gasteiger partial charge in [0, 0.05) is 28.2 Å². The number of rotatable bonds is 7. The number of aliphatic carboxylic acids is 1. The van der Waals surface area contributed by atoms with E-state index >= 15 is 0 Å². The lowest BCUT2D eigenvalue weighted by Crippen LogP contribution is -2.44. The van der Waals surface area contributed by atoms with Crippen LogP contribution < -0.4 is 5.32 Å². The van der Waals surface area contributed by atoms with E-state index in [0.717, 1.165) is 9.75 Å². The first-order valence-electron chi connectivity index (χ1n) is 6.84. The van der Waals surface area contributed by atoms with Gasteiger partial charge in [0.25, 0.3) is 0 Å². The van der Waals surface area contributed by atoms with Gasteiger partial charge < -0.3 is 10.4 Å². The molecule has 0 spiro atoms. The summed E-state index contributed by atoms with van der Waals surface area (Å²) in [5.41, 5.74) is 0.656. The Labute approximate surface area is 128 Å². The fourth-order valence-corrected chi connectivity index (χ4v) is 2.97. The summed E-state index contributed by atoms with van der Waals surface area (Å²) in [6.07, 6.45) is 0.0942. The number of Topliss-reactive ketones (excluding diaryl/α,β-unsaturated/α-hetero) is 1. The van der Waals surface area contributed by atoms with Crippen molar-refractivity contribution in [2.75, 3.05) is 0 Å². The topological polar surface area (TPSA) is 83.5 Å². The summed E-state index contributed by atoms with van der Waals surface area (Å²) in [7, 11) is 0. The fourth-order valence-electron chi connectivity index (χ4n) is 2.03. The molecule has 0 saturated heterocycles. The summed E-state index contributed by atoms with van der Waals surface area (Å²) in [5.74, 6) is -1.75. The van der Waals surface area contributed by atoms with Gasteiger partial charge in [-0.25, -0.2) is 4.79 Å². The normalized spacial score (nSPS) is 12.2. The van der Waals surface area contributed by atoms with Crippen molar-refractivity contribution in [1.29, 1.82) is 0 Å². The zero-order chi connectivity index (χ0) is 16.2. The average Bonchev–Trinajstić information content (AvgIpc) is 2.71. The summed E-state index contributed by atoms with van der Waals surface area (Å²) in [6.45, 7) is 7.26. The molecular formula is C15H21NO4S. The number of carboxylic acids is 1. The quantitative estimate of drug-likeness (QED) is 0.758. The highest BCUT2D eigenvalue weighted by Crippen LogP contribution is 2.22. The summed E-state index contributed by atoms with van der Waals surface area (Å²) >= 11 is 1.55. The predicted octanol–water partition coefficient (Wildman–Crippen LogP) is 2.55. The second kappa shape index (κ2) is 7.36. The molecule has 0 aliphatic carbocycles. The lowest BCUT2D eigenvalue weighted by molar-refractivity contribution is -0.143. The van der Waals surface area contributed by atoms with E-state index in [4.69, 9.17) is 5.11 Å². The molecule has 5 nitrogen and oxygen atoms in total. The number of hydrogen-bond donors (Lipinski definition) is 2. The van der Waals surface area contributed by atoms with Gasteiger partial charge in [-0.15, -0.1) is 11.3 Å². The average molecular weight is 311 g/mol. The fraction of sp³-hybridized carbons (Fsp3) is 0.533. The molecule has 6 heteroatoms. The summed E-state index contributed by atoms with van der Waals surface area (Å²) < 4.78 is 0. The van der Waals surface area contributed by atoms with Crippen molar-refractivity contribution in [3.63, 3.8) is 0 Å². The van der Waals surface area contributed by atoms with Crippen molar-refractivity contribution < 1.29 is 19.5 Å². The molecule has 0 radical (unpaired) electrons. The van der Waals surface area contributed by atoms with Gasteiger partial charge in [0.15, 0.2) is 5.78 Å². The maximum atomic E-state index is 12.0. The van der Waals surface area contributed by atoms with Crippen molar-refractivity contribution in [3.8, 4) is 0 Å². The van der Waals surface area contributed by atoms with Crippen LogP contribution in [0.4, 0.5) is 0 Å². The summed E-state index contributed by atoms with van der Waals surface area (Å²) in [4.78, 5) is 36.8. The Kier molecular flexibility index (Phi) is 6.08. The van der Waals surface area contributed by atoms with E-state index in [1.165, 1.54) is 0 Å². The highest BCUT2D eigenvalue weighted by atomic mass is 32.1. The predicted molar refractivity (Wildman–Crippen MR) is 81.8 cm³/mol. The van der Waals surface area contributed by atoms with Crippen LogP contribution >= 0.6 is 11.3 Å². The van der Waals surface area contributed by atoms with Crippen LogP contribution in [-0.4, -0.2) is 28.8 Å². The van der Waals surface area contributed by atoms with Gasteiger partial charge in [-0.2, -0.15) is 0 Å². The maximum Gasteiger partial charge on any atom is 0.326 e. The monoisotopic (exact) mass is 311 g/mol. The molecular weight excluding hydrogens is 290 g/mol. The third-order valence-corrected chi connectivity index (χ3v) is 4.14. The molecule has 1 aromatic rings. The van der Waals surface area contributed by atoms with Crippen molar-refractivity contribution in [1.82, 2.24) is 5.32 Å². The van der Waals surface area contributed by atoms with Crippen LogP contribution in [0, 0.1) is 19.8 Å². The Morgan fingerprint density at radius 1 is 1.24 bits per heavy atom. The van der Waals surface area contributed by atoms with Crippen LogP contribution in [0.15, 0.2) is 6.07 Å². The van der Waals surface area contributed by atoms with E-state index in [9.17, 15) is 14.4 Å². The SMILES string of the molecule is Cc1cc(C(=O)CCC(=O)N[C@@H](C(=O)O)C(C)C)c(C)s1. The first-order valence-corrected chi connectivity index (χ1v) is 7.66. The van der Waals surface area contributed by atoms with Crippen LogP contribution in [0.25, 0.3) is 0 Å². The minimum atomic E-state index is -1.06.